The second-order valence-corrected chi connectivity index (χ2v) is 6.41. The van der Waals surface area contributed by atoms with Crippen LogP contribution in [0.15, 0.2) is 24.3 Å². The summed E-state index contributed by atoms with van der Waals surface area (Å²) in [7, 11) is 0. The zero-order valence-corrected chi connectivity index (χ0v) is 12.5. The number of nitrogens with two attached hydrogens (primary N) is 1. The lowest BCUT2D eigenvalue weighted by molar-refractivity contribution is -0.104. The first-order valence-electron chi connectivity index (χ1n) is 7.64. The van der Waals surface area contributed by atoms with Crippen molar-refractivity contribution < 1.29 is 9.50 Å². The molecule has 20 heavy (non-hydrogen) atoms. The van der Waals surface area contributed by atoms with Crippen LogP contribution in [0.3, 0.4) is 0 Å². The van der Waals surface area contributed by atoms with E-state index in [-0.39, 0.29) is 5.82 Å². The van der Waals surface area contributed by atoms with Crippen LogP contribution in [-0.2, 0) is 5.60 Å². The molecule has 3 atom stereocenters. The minimum Gasteiger partial charge on any atom is -0.385 e. The first kappa shape index (κ1) is 15.5. The fourth-order valence-corrected chi connectivity index (χ4v) is 3.80. The summed E-state index contributed by atoms with van der Waals surface area (Å²) in [5.74, 6) is 0.231. The van der Waals surface area contributed by atoms with E-state index >= 15 is 0 Å². The van der Waals surface area contributed by atoms with Crippen LogP contribution in [0.25, 0.3) is 0 Å². The molecular weight excluding hydrogens is 253 g/mol. The molecule has 0 amide bonds. The van der Waals surface area contributed by atoms with Gasteiger partial charge in [0.25, 0.3) is 0 Å². The molecule has 0 radical (unpaired) electrons. The average Bonchev–Trinajstić information content (AvgIpc) is 2.47. The Morgan fingerprint density at radius 3 is 2.75 bits per heavy atom. The SMILES string of the molecule is CCC1CCCC(CN)(C(C)(O)c2ccccc2F)C1. The zero-order chi connectivity index (χ0) is 14.8. The van der Waals surface area contributed by atoms with E-state index in [0.717, 1.165) is 25.7 Å². The number of hydrogen-bond acceptors (Lipinski definition) is 2. The minimum absolute atomic E-state index is 0.344. The van der Waals surface area contributed by atoms with Crippen LogP contribution in [0, 0.1) is 17.2 Å². The van der Waals surface area contributed by atoms with Crippen molar-refractivity contribution in [3.8, 4) is 0 Å². The second-order valence-electron chi connectivity index (χ2n) is 6.41. The lowest BCUT2D eigenvalue weighted by atomic mass is 9.59. The molecule has 0 aliphatic heterocycles. The van der Waals surface area contributed by atoms with E-state index in [0.29, 0.717) is 18.0 Å². The van der Waals surface area contributed by atoms with Crippen molar-refractivity contribution in [2.24, 2.45) is 17.1 Å². The molecule has 0 bridgehead atoms. The maximum Gasteiger partial charge on any atom is 0.129 e. The quantitative estimate of drug-likeness (QED) is 0.885. The predicted octanol–water partition coefficient (Wildman–Crippen LogP) is 3.58. The van der Waals surface area contributed by atoms with Crippen molar-refractivity contribution in [3.05, 3.63) is 35.6 Å². The molecule has 1 aromatic rings. The first-order chi connectivity index (χ1) is 9.47. The molecule has 3 N–H and O–H groups in total. The highest BCUT2D eigenvalue weighted by Gasteiger charge is 2.50. The third kappa shape index (κ3) is 2.49. The van der Waals surface area contributed by atoms with Crippen molar-refractivity contribution in [2.75, 3.05) is 6.54 Å². The van der Waals surface area contributed by atoms with Crippen molar-refractivity contribution >= 4 is 0 Å². The molecule has 1 saturated carbocycles. The summed E-state index contributed by atoms with van der Waals surface area (Å²) in [6.45, 7) is 4.30. The summed E-state index contributed by atoms with van der Waals surface area (Å²) in [6, 6.07) is 6.52. The largest absolute Gasteiger partial charge is 0.385 e. The number of aliphatic hydroxyl groups is 1. The third-order valence-corrected chi connectivity index (χ3v) is 5.35. The van der Waals surface area contributed by atoms with Crippen LogP contribution in [0.2, 0.25) is 0 Å². The molecule has 1 aliphatic rings. The molecule has 3 unspecified atom stereocenters. The average molecular weight is 279 g/mol. The molecule has 0 spiro atoms. The van der Waals surface area contributed by atoms with Gasteiger partial charge in [0, 0.05) is 17.5 Å². The summed E-state index contributed by atoms with van der Waals surface area (Å²) in [6.07, 6.45) is 5.07. The monoisotopic (exact) mass is 279 g/mol. The fraction of sp³-hybridized carbons (Fsp3) is 0.647. The maximum absolute atomic E-state index is 14.1. The van der Waals surface area contributed by atoms with Crippen molar-refractivity contribution in [1.29, 1.82) is 0 Å². The van der Waals surface area contributed by atoms with E-state index in [2.05, 4.69) is 6.92 Å². The Balaban J connectivity index is 2.41. The van der Waals surface area contributed by atoms with Gasteiger partial charge in [-0.05, 0) is 31.7 Å². The van der Waals surface area contributed by atoms with Crippen LogP contribution < -0.4 is 5.73 Å². The highest BCUT2D eigenvalue weighted by atomic mass is 19.1. The summed E-state index contributed by atoms with van der Waals surface area (Å²) >= 11 is 0. The van der Waals surface area contributed by atoms with Gasteiger partial charge in [-0.15, -0.1) is 0 Å². The van der Waals surface area contributed by atoms with Gasteiger partial charge in [0.1, 0.15) is 5.82 Å². The van der Waals surface area contributed by atoms with Crippen molar-refractivity contribution in [3.63, 3.8) is 0 Å². The summed E-state index contributed by atoms with van der Waals surface area (Å²) in [5, 5.41) is 11.1. The number of hydrogen-bond donors (Lipinski definition) is 2. The van der Waals surface area contributed by atoms with Crippen LogP contribution >= 0.6 is 0 Å². The summed E-state index contributed by atoms with van der Waals surface area (Å²) < 4.78 is 14.1. The Bertz CT molecular complexity index is 460. The van der Waals surface area contributed by atoms with Crippen molar-refractivity contribution in [1.82, 2.24) is 0 Å². The molecule has 0 saturated heterocycles. The Labute approximate surface area is 121 Å². The molecule has 3 heteroatoms. The van der Waals surface area contributed by atoms with Gasteiger partial charge in [-0.2, -0.15) is 0 Å². The zero-order valence-electron chi connectivity index (χ0n) is 12.5. The lowest BCUT2D eigenvalue weighted by Gasteiger charge is -2.49. The smallest absolute Gasteiger partial charge is 0.129 e. The van der Waals surface area contributed by atoms with Crippen LogP contribution in [0.4, 0.5) is 4.39 Å². The maximum atomic E-state index is 14.1. The van der Waals surface area contributed by atoms with Gasteiger partial charge in [0.2, 0.25) is 0 Å². The number of rotatable bonds is 4. The molecule has 2 rings (SSSR count). The molecule has 1 fully saturated rings. The van der Waals surface area contributed by atoms with Crippen LogP contribution in [-0.4, -0.2) is 11.7 Å². The highest BCUT2D eigenvalue weighted by Crippen LogP contribution is 2.51. The van der Waals surface area contributed by atoms with Gasteiger partial charge in [-0.1, -0.05) is 44.4 Å². The van der Waals surface area contributed by atoms with Gasteiger partial charge >= 0.3 is 0 Å². The van der Waals surface area contributed by atoms with E-state index in [9.17, 15) is 9.50 Å². The minimum atomic E-state index is -1.22. The standard InChI is InChI=1S/C17H26FNO/c1-3-13-7-6-10-17(11-13,12-19)16(2,20)14-8-4-5-9-15(14)18/h4-5,8-9,13,20H,3,6-7,10-12,19H2,1-2H3. The Kier molecular flexibility index (Phi) is 4.50. The van der Waals surface area contributed by atoms with Gasteiger partial charge in [-0.3, -0.25) is 0 Å². The lowest BCUT2D eigenvalue weighted by Crippen LogP contribution is -2.51. The highest BCUT2D eigenvalue weighted by molar-refractivity contribution is 5.27. The molecule has 1 aromatic carbocycles. The van der Waals surface area contributed by atoms with Gasteiger partial charge in [0.05, 0.1) is 5.60 Å². The second kappa shape index (κ2) is 5.82. The molecule has 0 aromatic heterocycles. The number of benzene rings is 1. The van der Waals surface area contributed by atoms with Crippen LogP contribution in [0.1, 0.15) is 51.5 Å². The number of halogens is 1. The topological polar surface area (TPSA) is 46.2 Å². The van der Waals surface area contributed by atoms with Gasteiger partial charge in [0.15, 0.2) is 0 Å². The molecule has 1 aliphatic carbocycles. The first-order valence-corrected chi connectivity index (χ1v) is 7.64. The normalized spacial score (nSPS) is 29.9. The summed E-state index contributed by atoms with van der Waals surface area (Å²) in [5.41, 5.74) is 4.78. The van der Waals surface area contributed by atoms with E-state index < -0.39 is 11.0 Å². The molecule has 0 heterocycles. The molecule has 112 valence electrons. The molecule has 2 nitrogen and oxygen atoms in total. The Morgan fingerprint density at radius 2 is 2.15 bits per heavy atom. The van der Waals surface area contributed by atoms with E-state index in [1.807, 2.05) is 0 Å². The van der Waals surface area contributed by atoms with E-state index in [4.69, 9.17) is 5.73 Å². The van der Waals surface area contributed by atoms with Crippen LogP contribution in [0.5, 0.6) is 0 Å². The predicted molar refractivity (Wildman–Crippen MR) is 79.7 cm³/mol. The molecular formula is C17H26FNO. The van der Waals surface area contributed by atoms with E-state index in [1.165, 1.54) is 12.5 Å². The fourth-order valence-electron chi connectivity index (χ4n) is 3.80. The summed E-state index contributed by atoms with van der Waals surface area (Å²) in [4.78, 5) is 0. The van der Waals surface area contributed by atoms with Gasteiger partial charge in [-0.25, -0.2) is 4.39 Å². The van der Waals surface area contributed by atoms with Gasteiger partial charge < -0.3 is 10.8 Å². The third-order valence-electron chi connectivity index (χ3n) is 5.35. The van der Waals surface area contributed by atoms with Crippen molar-refractivity contribution in [2.45, 2.75) is 51.6 Å². The van der Waals surface area contributed by atoms with E-state index in [1.54, 1.807) is 25.1 Å². The Hall–Kier alpha value is -0.930. The Morgan fingerprint density at radius 1 is 1.45 bits per heavy atom.